The first-order valence-corrected chi connectivity index (χ1v) is 10.3. The summed E-state index contributed by atoms with van der Waals surface area (Å²) in [7, 11) is 0. The van der Waals surface area contributed by atoms with Crippen LogP contribution in [0.2, 0.25) is 0 Å². The largest absolute Gasteiger partial charge is 0.489 e. The number of nitrogens with one attached hydrogen (secondary N) is 1. The molecule has 2 aromatic rings. The molecule has 1 fully saturated rings. The van der Waals surface area contributed by atoms with Gasteiger partial charge in [-0.25, -0.2) is 0 Å². The van der Waals surface area contributed by atoms with Gasteiger partial charge in [-0.05, 0) is 55.4 Å². The van der Waals surface area contributed by atoms with Gasteiger partial charge in [0, 0.05) is 6.61 Å². The second-order valence-electron chi connectivity index (χ2n) is 7.99. The highest BCUT2D eigenvalue weighted by Gasteiger charge is 2.19. The molecule has 0 bridgehead atoms. The van der Waals surface area contributed by atoms with Gasteiger partial charge in [-0.1, -0.05) is 50.2 Å². The van der Waals surface area contributed by atoms with Crippen LogP contribution in [0.25, 0.3) is 0 Å². The van der Waals surface area contributed by atoms with Crippen LogP contribution >= 0.6 is 0 Å². The molecule has 0 aliphatic carbocycles. The van der Waals surface area contributed by atoms with E-state index in [0.29, 0.717) is 24.0 Å². The van der Waals surface area contributed by atoms with E-state index >= 15 is 0 Å². The number of hydrogen-bond acceptors (Lipinski definition) is 3. The molecular weight excluding hydrogens is 350 g/mol. The lowest BCUT2D eigenvalue weighted by molar-refractivity contribution is -0.117. The molecule has 1 N–H and O–H groups in total. The Bertz CT molecular complexity index is 764. The van der Waals surface area contributed by atoms with Gasteiger partial charge in [0.25, 0.3) is 0 Å². The van der Waals surface area contributed by atoms with E-state index in [-0.39, 0.29) is 17.9 Å². The molecule has 1 aliphatic heterocycles. The quantitative estimate of drug-likeness (QED) is 0.685. The van der Waals surface area contributed by atoms with E-state index in [1.807, 2.05) is 31.2 Å². The fourth-order valence-corrected chi connectivity index (χ4v) is 3.46. The van der Waals surface area contributed by atoms with Gasteiger partial charge in [0.1, 0.15) is 12.4 Å². The smallest absolute Gasteiger partial charge is 0.231 e. The Morgan fingerprint density at radius 1 is 1.14 bits per heavy atom. The van der Waals surface area contributed by atoms with Crippen molar-refractivity contribution in [3.63, 3.8) is 0 Å². The van der Waals surface area contributed by atoms with Crippen molar-refractivity contribution in [1.29, 1.82) is 0 Å². The summed E-state index contributed by atoms with van der Waals surface area (Å²) in [4.78, 5) is 12.8. The number of benzene rings is 2. The molecule has 1 saturated heterocycles. The van der Waals surface area contributed by atoms with E-state index in [0.717, 1.165) is 31.4 Å². The number of carbonyl (C=O) groups excluding carboxylic acids is 1. The summed E-state index contributed by atoms with van der Waals surface area (Å²) in [5.74, 6) is 1.03. The summed E-state index contributed by atoms with van der Waals surface area (Å²) >= 11 is 0. The molecule has 0 aromatic heterocycles. The predicted molar refractivity (Wildman–Crippen MR) is 113 cm³/mol. The SMILES string of the molecule is CC(C)Cc1ccc(C(C)C(=O)Nc2ccccc2OCC2CCCO2)cc1. The summed E-state index contributed by atoms with van der Waals surface area (Å²) in [5.41, 5.74) is 3.02. The van der Waals surface area contributed by atoms with Gasteiger partial charge in [-0.3, -0.25) is 4.79 Å². The van der Waals surface area contributed by atoms with E-state index in [9.17, 15) is 4.79 Å². The van der Waals surface area contributed by atoms with Crippen LogP contribution in [0.4, 0.5) is 5.69 Å². The normalized spacial score (nSPS) is 17.5. The molecule has 0 spiro atoms. The van der Waals surface area contributed by atoms with Crippen molar-refractivity contribution < 1.29 is 14.3 Å². The number of rotatable bonds is 8. The van der Waals surface area contributed by atoms with Crippen molar-refractivity contribution in [1.82, 2.24) is 0 Å². The average molecular weight is 382 g/mol. The van der Waals surface area contributed by atoms with E-state index in [2.05, 4.69) is 43.4 Å². The monoisotopic (exact) mass is 381 g/mol. The molecule has 0 saturated carbocycles. The third kappa shape index (κ3) is 5.59. The minimum Gasteiger partial charge on any atom is -0.489 e. The Hall–Kier alpha value is -2.33. The third-order valence-electron chi connectivity index (χ3n) is 5.11. The summed E-state index contributed by atoms with van der Waals surface area (Å²) in [6, 6.07) is 15.9. The maximum absolute atomic E-state index is 12.8. The fourth-order valence-electron chi connectivity index (χ4n) is 3.46. The molecule has 2 atom stereocenters. The molecule has 1 aliphatic rings. The maximum atomic E-state index is 12.8. The standard InChI is InChI=1S/C24H31NO3/c1-17(2)15-19-10-12-20(13-11-19)18(3)24(26)25-22-8-4-5-9-23(22)28-16-21-7-6-14-27-21/h4-5,8-13,17-18,21H,6-7,14-16H2,1-3H3,(H,25,26). The number of carbonyl (C=O) groups is 1. The van der Waals surface area contributed by atoms with Crippen LogP contribution in [0, 0.1) is 5.92 Å². The lowest BCUT2D eigenvalue weighted by Crippen LogP contribution is -2.21. The number of ether oxygens (including phenoxy) is 2. The number of para-hydroxylation sites is 2. The maximum Gasteiger partial charge on any atom is 0.231 e. The zero-order chi connectivity index (χ0) is 19.9. The van der Waals surface area contributed by atoms with Crippen molar-refractivity contribution in [3.05, 3.63) is 59.7 Å². The summed E-state index contributed by atoms with van der Waals surface area (Å²) < 4.78 is 11.5. The lowest BCUT2D eigenvalue weighted by atomic mass is 9.96. The van der Waals surface area contributed by atoms with E-state index in [4.69, 9.17) is 9.47 Å². The second kappa shape index (κ2) is 9.74. The lowest BCUT2D eigenvalue weighted by Gasteiger charge is -2.17. The van der Waals surface area contributed by atoms with Crippen molar-refractivity contribution in [2.24, 2.45) is 5.92 Å². The molecule has 0 radical (unpaired) electrons. The second-order valence-corrected chi connectivity index (χ2v) is 7.99. The fraction of sp³-hybridized carbons (Fsp3) is 0.458. The number of anilines is 1. The topological polar surface area (TPSA) is 47.6 Å². The van der Waals surface area contributed by atoms with Crippen LogP contribution in [-0.4, -0.2) is 25.2 Å². The molecule has 4 heteroatoms. The van der Waals surface area contributed by atoms with Crippen LogP contribution in [0.15, 0.2) is 48.5 Å². The van der Waals surface area contributed by atoms with Gasteiger partial charge < -0.3 is 14.8 Å². The molecule has 4 nitrogen and oxygen atoms in total. The highest BCUT2D eigenvalue weighted by atomic mass is 16.5. The molecule has 28 heavy (non-hydrogen) atoms. The van der Waals surface area contributed by atoms with Crippen LogP contribution in [0.3, 0.4) is 0 Å². The molecule has 3 rings (SSSR count). The molecule has 1 heterocycles. The van der Waals surface area contributed by atoms with Gasteiger partial charge in [0.15, 0.2) is 0 Å². The van der Waals surface area contributed by atoms with Crippen LogP contribution in [0.5, 0.6) is 5.75 Å². The Morgan fingerprint density at radius 2 is 1.89 bits per heavy atom. The van der Waals surface area contributed by atoms with E-state index in [1.165, 1.54) is 5.56 Å². The van der Waals surface area contributed by atoms with E-state index < -0.39 is 0 Å². The Morgan fingerprint density at radius 3 is 2.57 bits per heavy atom. The first kappa shape index (κ1) is 20.4. The molecule has 150 valence electrons. The van der Waals surface area contributed by atoms with E-state index in [1.54, 1.807) is 0 Å². The molecule has 1 amide bonds. The summed E-state index contributed by atoms with van der Waals surface area (Å²) in [6.07, 6.45) is 3.31. The number of hydrogen-bond donors (Lipinski definition) is 1. The van der Waals surface area contributed by atoms with Crippen molar-refractivity contribution >= 4 is 11.6 Å². The van der Waals surface area contributed by atoms with Gasteiger partial charge in [0.05, 0.1) is 17.7 Å². The van der Waals surface area contributed by atoms with Crippen molar-refractivity contribution in [2.45, 2.75) is 52.1 Å². The zero-order valence-corrected chi connectivity index (χ0v) is 17.1. The first-order chi connectivity index (χ1) is 13.5. The van der Waals surface area contributed by atoms with Gasteiger partial charge in [-0.15, -0.1) is 0 Å². The summed E-state index contributed by atoms with van der Waals surface area (Å²) in [6.45, 7) is 7.67. The van der Waals surface area contributed by atoms with Gasteiger partial charge >= 0.3 is 0 Å². The van der Waals surface area contributed by atoms with Crippen LogP contribution in [-0.2, 0) is 16.0 Å². The van der Waals surface area contributed by atoms with Crippen molar-refractivity contribution in [2.75, 3.05) is 18.5 Å². The van der Waals surface area contributed by atoms with Crippen LogP contribution < -0.4 is 10.1 Å². The Balaban J connectivity index is 1.61. The minimum absolute atomic E-state index is 0.0372. The zero-order valence-electron chi connectivity index (χ0n) is 17.1. The van der Waals surface area contributed by atoms with Crippen LogP contribution in [0.1, 0.15) is 50.7 Å². The highest BCUT2D eigenvalue weighted by molar-refractivity contribution is 5.96. The highest BCUT2D eigenvalue weighted by Crippen LogP contribution is 2.27. The number of amides is 1. The summed E-state index contributed by atoms with van der Waals surface area (Å²) in [5, 5.41) is 3.03. The first-order valence-electron chi connectivity index (χ1n) is 10.3. The minimum atomic E-state index is -0.237. The van der Waals surface area contributed by atoms with Gasteiger partial charge in [-0.2, -0.15) is 0 Å². The van der Waals surface area contributed by atoms with Gasteiger partial charge in [0.2, 0.25) is 5.91 Å². The molecule has 2 aromatic carbocycles. The predicted octanol–water partition coefficient (Wildman–Crippen LogP) is 5.19. The molecular formula is C24H31NO3. The Kier molecular flexibility index (Phi) is 7.10. The average Bonchev–Trinajstić information content (AvgIpc) is 3.20. The van der Waals surface area contributed by atoms with Crippen molar-refractivity contribution in [3.8, 4) is 5.75 Å². The molecule has 2 unspecified atom stereocenters. The third-order valence-corrected chi connectivity index (χ3v) is 5.11. The Labute approximate surface area is 168 Å².